The molecule has 0 aliphatic heterocycles. The van der Waals surface area contributed by atoms with Crippen LogP contribution in [0.25, 0.3) is 0 Å². The fraction of sp³-hybridized carbons (Fsp3) is 0.462. The van der Waals surface area contributed by atoms with Crippen molar-refractivity contribution in [3.05, 3.63) is 26.6 Å². The first-order valence-corrected chi connectivity index (χ1v) is 7.75. The molecule has 1 aliphatic rings. The van der Waals surface area contributed by atoms with Gasteiger partial charge in [0.15, 0.2) is 6.10 Å². The van der Waals surface area contributed by atoms with E-state index < -0.39 is 6.10 Å². The summed E-state index contributed by atoms with van der Waals surface area (Å²) in [5, 5.41) is 2.92. The molecule has 1 aromatic rings. The molecule has 2 rings (SSSR count). The molecule has 1 aliphatic carbocycles. The maximum atomic E-state index is 11.9. The Bertz CT molecular complexity index is 467. The van der Waals surface area contributed by atoms with Crippen LogP contribution < -0.4 is 15.8 Å². The van der Waals surface area contributed by atoms with Crippen LogP contribution in [0.1, 0.15) is 25.3 Å². The second-order valence-electron chi connectivity index (χ2n) is 4.64. The lowest BCUT2D eigenvalue weighted by molar-refractivity contribution is -0.127. The van der Waals surface area contributed by atoms with E-state index >= 15 is 0 Å². The van der Waals surface area contributed by atoms with Gasteiger partial charge >= 0.3 is 0 Å². The maximum absolute atomic E-state index is 11.9. The quantitative estimate of drug-likeness (QED) is 0.810. The maximum Gasteiger partial charge on any atom is 0.260 e. The highest BCUT2D eigenvalue weighted by atomic mass is 79.9. The first-order chi connectivity index (χ1) is 9.01. The molecule has 1 saturated carbocycles. The van der Waals surface area contributed by atoms with Crippen LogP contribution in [0.2, 0.25) is 0 Å². The van der Waals surface area contributed by atoms with E-state index in [1.807, 2.05) is 12.1 Å². The summed E-state index contributed by atoms with van der Waals surface area (Å²) in [5.74, 6) is 0.542. The Morgan fingerprint density at radius 3 is 2.53 bits per heavy atom. The molecule has 0 aromatic heterocycles. The molecule has 1 fully saturated rings. The molecule has 0 bridgehead atoms. The smallest absolute Gasteiger partial charge is 0.260 e. The van der Waals surface area contributed by atoms with E-state index in [1.165, 1.54) is 0 Å². The van der Waals surface area contributed by atoms with E-state index in [9.17, 15) is 4.79 Å². The number of amides is 1. The second-order valence-corrected chi connectivity index (χ2v) is 6.34. The molecule has 1 atom stereocenters. The SMILES string of the molecule is CC(Oc1c(Br)cc(CN)cc1Br)C(=O)NC1CC1. The summed E-state index contributed by atoms with van der Waals surface area (Å²) in [6.07, 6.45) is 1.60. The lowest BCUT2D eigenvalue weighted by Gasteiger charge is -2.17. The van der Waals surface area contributed by atoms with E-state index in [0.29, 0.717) is 18.3 Å². The van der Waals surface area contributed by atoms with Gasteiger partial charge in [0.25, 0.3) is 5.91 Å². The second kappa shape index (κ2) is 6.24. The molecule has 4 nitrogen and oxygen atoms in total. The molecule has 1 unspecified atom stereocenters. The molecule has 3 N–H and O–H groups in total. The highest BCUT2D eigenvalue weighted by Gasteiger charge is 2.27. The lowest BCUT2D eigenvalue weighted by Crippen LogP contribution is -2.37. The van der Waals surface area contributed by atoms with Gasteiger partial charge in [0.05, 0.1) is 8.95 Å². The van der Waals surface area contributed by atoms with Crippen LogP contribution in [0.4, 0.5) is 0 Å². The van der Waals surface area contributed by atoms with Gasteiger partial charge in [0.2, 0.25) is 0 Å². The predicted molar refractivity (Wildman–Crippen MR) is 81.0 cm³/mol. The lowest BCUT2D eigenvalue weighted by atomic mass is 10.2. The molecule has 0 heterocycles. The zero-order valence-electron chi connectivity index (χ0n) is 10.6. The first-order valence-electron chi connectivity index (χ1n) is 6.16. The minimum Gasteiger partial charge on any atom is -0.479 e. The van der Waals surface area contributed by atoms with Crippen LogP contribution in [0.5, 0.6) is 5.75 Å². The van der Waals surface area contributed by atoms with Gasteiger partial charge in [-0.2, -0.15) is 0 Å². The summed E-state index contributed by atoms with van der Waals surface area (Å²) in [7, 11) is 0. The van der Waals surface area contributed by atoms with E-state index in [0.717, 1.165) is 27.4 Å². The van der Waals surface area contributed by atoms with Gasteiger partial charge in [-0.1, -0.05) is 0 Å². The molecular weight excluding hydrogens is 376 g/mol. The van der Waals surface area contributed by atoms with E-state index in [1.54, 1.807) is 6.92 Å². The topological polar surface area (TPSA) is 64.3 Å². The number of benzene rings is 1. The average Bonchev–Trinajstić information content (AvgIpc) is 3.16. The normalized spacial score (nSPS) is 16.0. The van der Waals surface area contributed by atoms with Crippen LogP contribution in [0.3, 0.4) is 0 Å². The van der Waals surface area contributed by atoms with Crippen molar-refractivity contribution in [1.82, 2.24) is 5.32 Å². The first kappa shape index (κ1) is 14.8. The molecule has 1 aromatic carbocycles. The monoisotopic (exact) mass is 390 g/mol. The largest absolute Gasteiger partial charge is 0.479 e. The fourth-order valence-corrected chi connectivity index (χ4v) is 3.09. The average molecular weight is 392 g/mol. The zero-order valence-corrected chi connectivity index (χ0v) is 13.8. The number of nitrogens with one attached hydrogen (secondary N) is 1. The number of rotatable bonds is 5. The number of nitrogens with two attached hydrogens (primary N) is 1. The molecule has 0 spiro atoms. The van der Waals surface area contributed by atoms with Gasteiger partial charge in [0, 0.05) is 12.6 Å². The fourth-order valence-electron chi connectivity index (χ4n) is 1.62. The number of carbonyl (C=O) groups is 1. The van der Waals surface area contributed by atoms with Gasteiger partial charge in [-0.25, -0.2) is 0 Å². The minimum absolute atomic E-state index is 0.0794. The highest BCUT2D eigenvalue weighted by molar-refractivity contribution is 9.11. The Kier molecular flexibility index (Phi) is 4.86. The zero-order chi connectivity index (χ0) is 14.0. The minimum atomic E-state index is -0.531. The van der Waals surface area contributed by atoms with Gasteiger partial charge in [-0.15, -0.1) is 0 Å². The van der Waals surface area contributed by atoms with E-state index in [4.69, 9.17) is 10.5 Å². The molecular formula is C13H16Br2N2O2. The molecule has 19 heavy (non-hydrogen) atoms. The van der Waals surface area contributed by atoms with Crippen molar-refractivity contribution in [2.24, 2.45) is 5.73 Å². The number of hydrogen-bond donors (Lipinski definition) is 2. The van der Waals surface area contributed by atoms with Crippen LogP contribution in [-0.2, 0) is 11.3 Å². The van der Waals surface area contributed by atoms with Gasteiger partial charge < -0.3 is 15.8 Å². The van der Waals surface area contributed by atoms with Gasteiger partial charge in [-0.3, -0.25) is 4.79 Å². The summed E-state index contributed by atoms with van der Waals surface area (Å²) in [5.41, 5.74) is 6.59. The number of ether oxygens (including phenoxy) is 1. The molecule has 0 saturated heterocycles. The Morgan fingerprint density at radius 2 is 2.05 bits per heavy atom. The van der Waals surface area contributed by atoms with Crippen molar-refractivity contribution in [2.75, 3.05) is 0 Å². The molecule has 0 radical (unpaired) electrons. The summed E-state index contributed by atoms with van der Waals surface area (Å²) in [6.45, 7) is 2.20. The Labute approximate surface area is 129 Å². The Hall–Kier alpha value is -0.590. The third-order valence-electron chi connectivity index (χ3n) is 2.88. The van der Waals surface area contributed by atoms with Crippen molar-refractivity contribution in [2.45, 2.75) is 38.5 Å². The van der Waals surface area contributed by atoms with Crippen molar-refractivity contribution in [3.63, 3.8) is 0 Å². The molecule has 104 valence electrons. The predicted octanol–water partition coefficient (Wildman–Crippen LogP) is 2.72. The van der Waals surface area contributed by atoms with Crippen molar-refractivity contribution in [1.29, 1.82) is 0 Å². The molecule has 1 amide bonds. The summed E-state index contributed by atoms with van der Waals surface area (Å²) < 4.78 is 7.29. The standard InChI is InChI=1S/C13H16Br2N2O2/c1-7(13(18)17-9-2-3-9)19-12-10(14)4-8(6-16)5-11(12)15/h4-5,7,9H,2-3,6,16H2,1H3,(H,17,18). The Balaban J connectivity index is 2.07. The van der Waals surface area contributed by atoms with E-state index in [-0.39, 0.29) is 5.91 Å². The van der Waals surface area contributed by atoms with Crippen molar-refractivity contribution >= 4 is 37.8 Å². The van der Waals surface area contributed by atoms with Crippen LogP contribution in [0.15, 0.2) is 21.1 Å². The van der Waals surface area contributed by atoms with E-state index in [2.05, 4.69) is 37.2 Å². The van der Waals surface area contributed by atoms with Crippen LogP contribution >= 0.6 is 31.9 Å². The molecule has 6 heteroatoms. The van der Waals surface area contributed by atoms with Crippen molar-refractivity contribution < 1.29 is 9.53 Å². The number of carbonyl (C=O) groups excluding carboxylic acids is 1. The van der Waals surface area contributed by atoms with Crippen LogP contribution in [0, 0.1) is 0 Å². The summed E-state index contributed by atoms with van der Waals surface area (Å²) in [4.78, 5) is 11.9. The van der Waals surface area contributed by atoms with Gasteiger partial charge in [0.1, 0.15) is 5.75 Å². The third-order valence-corrected chi connectivity index (χ3v) is 4.06. The summed E-state index contributed by atoms with van der Waals surface area (Å²) >= 11 is 6.87. The highest BCUT2D eigenvalue weighted by Crippen LogP contribution is 2.35. The third kappa shape index (κ3) is 3.94. The summed E-state index contributed by atoms with van der Waals surface area (Å²) in [6, 6.07) is 4.13. The van der Waals surface area contributed by atoms with Crippen molar-refractivity contribution in [3.8, 4) is 5.75 Å². The van der Waals surface area contributed by atoms with Gasteiger partial charge in [-0.05, 0) is 69.3 Å². The number of halogens is 2. The Morgan fingerprint density at radius 1 is 1.47 bits per heavy atom. The van der Waals surface area contributed by atoms with Crippen LogP contribution in [-0.4, -0.2) is 18.1 Å². The number of hydrogen-bond acceptors (Lipinski definition) is 3.